The lowest BCUT2D eigenvalue weighted by molar-refractivity contribution is -0.131. The van der Waals surface area contributed by atoms with Gasteiger partial charge in [-0.2, -0.15) is 0 Å². The summed E-state index contributed by atoms with van der Waals surface area (Å²) in [5, 5.41) is 2.98. The largest absolute Gasteiger partial charge is 0.381 e. The minimum atomic E-state index is -0.380. The first-order valence-electron chi connectivity index (χ1n) is 7.24. The number of nitrogens with one attached hydrogen (secondary N) is 1. The lowest BCUT2D eigenvalue weighted by atomic mass is 9.81. The van der Waals surface area contributed by atoms with E-state index in [1.807, 2.05) is 13.8 Å². The van der Waals surface area contributed by atoms with E-state index < -0.39 is 0 Å². The Labute approximate surface area is 111 Å². The minimum Gasteiger partial charge on any atom is -0.381 e. The van der Waals surface area contributed by atoms with Crippen molar-refractivity contribution in [1.82, 2.24) is 5.32 Å². The van der Waals surface area contributed by atoms with Crippen molar-refractivity contribution >= 4 is 5.91 Å². The number of carbonyl (C=O) groups excluding carboxylic acids is 1. The molecule has 1 aliphatic rings. The molecule has 1 saturated carbocycles. The summed E-state index contributed by atoms with van der Waals surface area (Å²) in [6.45, 7) is 6.79. The van der Waals surface area contributed by atoms with E-state index in [-0.39, 0.29) is 11.3 Å². The molecule has 0 atom stereocenters. The van der Waals surface area contributed by atoms with E-state index in [1.165, 1.54) is 12.8 Å². The molecule has 4 heteroatoms. The lowest BCUT2D eigenvalue weighted by Crippen LogP contribution is -2.45. The Balaban J connectivity index is 2.10. The second kappa shape index (κ2) is 7.74. The van der Waals surface area contributed by atoms with Gasteiger partial charge in [-0.1, -0.05) is 13.8 Å². The molecule has 1 amide bonds. The van der Waals surface area contributed by atoms with Crippen LogP contribution in [0.25, 0.3) is 0 Å². The molecule has 18 heavy (non-hydrogen) atoms. The van der Waals surface area contributed by atoms with Crippen LogP contribution in [-0.2, 0) is 9.53 Å². The van der Waals surface area contributed by atoms with Crippen molar-refractivity contribution in [3.8, 4) is 0 Å². The topological polar surface area (TPSA) is 64.4 Å². The molecule has 106 valence electrons. The van der Waals surface area contributed by atoms with Gasteiger partial charge in [0.15, 0.2) is 0 Å². The Kier molecular flexibility index (Phi) is 6.65. The molecule has 0 spiro atoms. The van der Waals surface area contributed by atoms with Gasteiger partial charge in [0.1, 0.15) is 0 Å². The average molecular weight is 256 g/mol. The van der Waals surface area contributed by atoms with E-state index >= 15 is 0 Å². The Bertz CT molecular complexity index is 240. The molecular formula is C14H28N2O2. The fourth-order valence-electron chi connectivity index (χ4n) is 2.05. The standard InChI is InChI=1S/C14H28N2O2/c1-3-14(4-2,11-15)13(17)16-8-5-9-18-10-12-6-7-12/h12H,3-11,15H2,1-2H3,(H,16,17). The Morgan fingerprint density at radius 1 is 1.39 bits per heavy atom. The molecular weight excluding hydrogens is 228 g/mol. The van der Waals surface area contributed by atoms with E-state index in [9.17, 15) is 4.79 Å². The molecule has 0 saturated heterocycles. The number of hydrogen-bond donors (Lipinski definition) is 2. The first-order valence-corrected chi connectivity index (χ1v) is 7.24. The fraction of sp³-hybridized carbons (Fsp3) is 0.929. The van der Waals surface area contributed by atoms with Crippen LogP contribution < -0.4 is 11.1 Å². The molecule has 0 aromatic rings. The quantitative estimate of drug-likeness (QED) is 0.585. The second-order valence-corrected chi connectivity index (χ2v) is 5.32. The number of rotatable bonds is 10. The molecule has 1 rings (SSSR count). The molecule has 0 radical (unpaired) electrons. The zero-order chi connectivity index (χ0) is 13.4. The van der Waals surface area contributed by atoms with Crippen LogP contribution in [0.5, 0.6) is 0 Å². The molecule has 0 bridgehead atoms. The number of amides is 1. The summed E-state index contributed by atoms with van der Waals surface area (Å²) in [6.07, 6.45) is 5.12. The van der Waals surface area contributed by atoms with E-state index in [0.717, 1.165) is 38.4 Å². The van der Waals surface area contributed by atoms with Gasteiger partial charge < -0.3 is 15.8 Å². The highest BCUT2D eigenvalue weighted by Crippen LogP contribution is 2.28. The van der Waals surface area contributed by atoms with Crippen LogP contribution in [0.3, 0.4) is 0 Å². The van der Waals surface area contributed by atoms with Crippen molar-refractivity contribution in [3.63, 3.8) is 0 Å². The highest BCUT2D eigenvalue weighted by atomic mass is 16.5. The maximum Gasteiger partial charge on any atom is 0.227 e. The smallest absolute Gasteiger partial charge is 0.227 e. The van der Waals surface area contributed by atoms with Gasteiger partial charge in [-0.25, -0.2) is 0 Å². The molecule has 1 fully saturated rings. The van der Waals surface area contributed by atoms with Gasteiger partial charge in [0.05, 0.1) is 5.41 Å². The Hall–Kier alpha value is -0.610. The number of ether oxygens (including phenoxy) is 1. The third kappa shape index (κ3) is 4.58. The van der Waals surface area contributed by atoms with Gasteiger partial charge in [-0.05, 0) is 38.0 Å². The molecule has 3 N–H and O–H groups in total. The van der Waals surface area contributed by atoms with Crippen LogP contribution in [-0.4, -0.2) is 32.2 Å². The van der Waals surface area contributed by atoms with Crippen LogP contribution in [0.1, 0.15) is 46.0 Å². The molecule has 0 aliphatic heterocycles. The molecule has 0 heterocycles. The SMILES string of the molecule is CCC(CC)(CN)C(=O)NCCCOCC1CC1. The molecule has 0 aromatic carbocycles. The second-order valence-electron chi connectivity index (χ2n) is 5.32. The van der Waals surface area contributed by atoms with Crippen molar-refractivity contribution in [2.24, 2.45) is 17.1 Å². The van der Waals surface area contributed by atoms with Gasteiger partial charge in [-0.15, -0.1) is 0 Å². The average Bonchev–Trinajstić information content (AvgIpc) is 3.20. The minimum absolute atomic E-state index is 0.0946. The first kappa shape index (κ1) is 15.4. The highest BCUT2D eigenvalue weighted by Gasteiger charge is 2.32. The third-order valence-electron chi connectivity index (χ3n) is 4.03. The summed E-state index contributed by atoms with van der Waals surface area (Å²) in [5.41, 5.74) is 5.36. The van der Waals surface area contributed by atoms with Gasteiger partial charge in [0, 0.05) is 26.3 Å². The first-order chi connectivity index (χ1) is 8.68. The van der Waals surface area contributed by atoms with Gasteiger partial charge in [0.2, 0.25) is 5.91 Å². The fourth-order valence-corrected chi connectivity index (χ4v) is 2.05. The summed E-state index contributed by atoms with van der Waals surface area (Å²) < 4.78 is 5.53. The highest BCUT2D eigenvalue weighted by molar-refractivity contribution is 5.82. The number of carbonyl (C=O) groups is 1. The number of hydrogen-bond acceptors (Lipinski definition) is 3. The van der Waals surface area contributed by atoms with Gasteiger partial charge in [-0.3, -0.25) is 4.79 Å². The molecule has 1 aliphatic carbocycles. The lowest BCUT2D eigenvalue weighted by Gasteiger charge is -2.28. The van der Waals surface area contributed by atoms with Crippen LogP contribution in [0.15, 0.2) is 0 Å². The van der Waals surface area contributed by atoms with Crippen LogP contribution in [0.4, 0.5) is 0 Å². The number of nitrogens with two attached hydrogens (primary N) is 1. The van der Waals surface area contributed by atoms with Crippen LogP contribution in [0.2, 0.25) is 0 Å². The predicted molar refractivity (Wildman–Crippen MR) is 73.2 cm³/mol. The normalized spacial score (nSPS) is 15.7. The van der Waals surface area contributed by atoms with E-state index in [0.29, 0.717) is 13.1 Å². The van der Waals surface area contributed by atoms with E-state index in [4.69, 9.17) is 10.5 Å². The predicted octanol–water partition coefficient (Wildman–Crippen LogP) is 1.68. The molecule has 4 nitrogen and oxygen atoms in total. The summed E-state index contributed by atoms with van der Waals surface area (Å²) in [6, 6.07) is 0. The van der Waals surface area contributed by atoms with Crippen molar-refractivity contribution in [2.75, 3.05) is 26.3 Å². The Morgan fingerprint density at radius 2 is 2.06 bits per heavy atom. The maximum absolute atomic E-state index is 12.1. The van der Waals surface area contributed by atoms with E-state index in [1.54, 1.807) is 0 Å². The summed E-state index contributed by atoms with van der Waals surface area (Å²) in [5.74, 6) is 0.904. The van der Waals surface area contributed by atoms with Crippen molar-refractivity contribution < 1.29 is 9.53 Å². The third-order valence-corrected chi connectivity index (χ3v) is 4.03. The van der Waals surface area contributed by atoms with E-state index in [2.05, 4.69) is 5.32 Å². The summed E-state index contributed by atoms with van der Waals surface area (Å²) >= 11 is 0. The van der Waals surface area contributed by atoms with Crippen LogP contribution in [0, 0.1) is 11.3 Å². The van der Waals surface area contributed by atoms with Crippen molar-refractivity contribution in [2.45, 2.75) is 46.0 Å². The summed E-state index contributed by atoms with van der Waals surface area (Å²) in [4.78, 5) is 12.1. The maximum atomic E-state index is 12.1. The molecule has 0 unspecified atom stereocenters. The zero-order valence-electron chi connectivity index (χ0n) is 11.8. The van der Waals surface area contributed by atoms with Crippen LogP contribution >= 0.6 is 0 Å². The zero-order valence-corrected chi connectivity index (χ0v) is 11.8. The van der Waals surface area contributed by atoms with Gasteiger partial charge >= 0.3 is 0 Å². The monoisotopic (exact) mass is 256 g/mol. The van der Waals surface area contributed by atoms with Crippen molar-refractivity contribution in [1.29, 1.82) is 0 Å². The summed E-state index contributed by atoms with van der Waals surface area (Å²) in [7, 11) is 0. The Morgan fingerprint density at radius 3 is 2.56 bits per heavy atom. The van der Waals surface area contributed by atoms with Gasteiger partial charge in [0.25, 0.3) is 0 Å². The molecule has 0 aromatic heterocycles. The van der Waals surface area contributed by atoms with Crippen molar-refractivity contribution in [3.05, 3.63) is 0 Å².